The van der Waals surface area contributed by atoms with Crippen LogP contribution in [0, 0.1) is 11.3 Å². The number of anilines is 1. The second kappa shape index (κ2) is 7.14. The van der Waals surface area contributed by atoms with Gasteiger partial charge in [0.15, 0.2) is 5.75 Å². The Morgan fingerprint density at radius 3 is 2.74 bits per heavy atom. The van der Waals surface area contributed by atoms with Crippen LogP contribution in [0.2, 0.25) is 5.02 Å². The summed E-state index contributed by atoms with van der Waals surface area (Å²) < 4.78 is 5.65. The monoisotopic (exact) mass is 383 g/mol. The van der Waals surface area contributed by atoms with Crippen molar-refractivity contribution in [2.45, 2.75) is 18.3 Å². The van der Waals surface area contributed by atoms with E-state index >= 15 is 0 Å². The minimum atomic E-state index is -0.474. The molecule has 0 bridgehead atoms. The first-order valence-electron chi connectivity index (χ1n) is 8.79. The van der Waals surface area contributed by atoms with Gasteiger partial charge in [-0.05, 0) is 49.7 Å². The summed E-state index contributed by atoms with van der Waals surface area (Å²) in [7, 11) is 0. The molecule has 7 nitrogen and oxygen atoms in total. The molecule has 3 heterocycles. The van der Waals surface area contributed by atoms with Gasteiger partial charge < -0.3 is 10.1 Å². The van der Waals surface area contributed by atoms with Crippen molar-refractivity contribution in [3.63, 3.8) is 0 Å². The quantitative estimate of drug-likeness (QED) is 0.871. The van der Waals surface area contributed by atoms with Gasteiger partial charge in [0.25, 0.3) is 0 Å². The number of likely N-dealkylation sites (tertiary alicyclic amines) is 1. The summed E-state index contributed by atoms with van der Waals surface area (Å²) in [5, 5.41) is 12.4. The maximum absolute atomic E-state index is 12.6. The number of carbonyl (C=O) groups excluding carboxylic acids is 1. The number of amides is 1. The van der Waals surface area contributed by atoms with Crippen LogP contribution in [0.5, 0.6) is 5.75 Å². The van der Waals surface area contributed by atoms with Gasteiger partial charge in [0.1, 0.15) is 12.7 Å². The lowest BCUT2D eigenvalue weighted by Crippen LogP contribution is -2.47. The molecule has 2 aliphatic heterocycles. The molecule has 0 aliphatic carbocycles. The fraction of sp³-hybridized carbons (Fsp3) is 0.368. The van der Waals surface area contributed by atoms with Gasteiger partial charge in [-0.3, -0.25) is 9.69 Å². The lowest BCUT2D eigenvalue weighted by atomic mass is 9.73. The third-order valence-electron chi connectivity index (χ3n) is 5.29. The molecule has 0 atom stereocenters. The van der Waals surface area contributed by atoms with E-state index in [9.17, 15) is 4.79 Å². The van der Waals surface area contributed by atoms with Crippen LogP contribution in [-0.4, -0.2) is 47.0 Å². The molecule has 1 aromatic carbocycles. The number of nitrogens with zero attached hydrogens (tertiary/aromatic N) is 4. The molecule has 1 amide bonds. The first-order chi connectivity index (χ1) is 13.1. The van der Waals surface area contributed by atoms with Crippen molar-refractivity contribution in [2.24, 2.45) is 0 Å². The summed E-state index contributed by atoms with van der Waals surface area (Å²) in [6.07, 6.45) is 4.51. The summed E-state index contributed by atoms with van der Waals surface area (Å²) in [6, 6.07) is 7.47. The van der Waals surface area contributed by atoms with Crippen LogP contribution in [-0.2, 0) is 10.2 Å². The number of halogens is 1. The van der Waals surface area contributed by atoms with Crippen LogP contribution < -0.4 is 10.1 Å². The Balaban J connectivity index is 1.33. The van der Waals surface area contributed by atoms with Gasteiger partial charge in [-0.2, -0.15) is 5.26 Å². The van der Waals surface area contributed by atoms with Crippen LogP contribution in [0.15, 0.2) is 30.6 Å². The average molecular weight is 384 g/mol. The predicted molar refractivity (Wildman–Crippen MR) is 99.7 cm³/mol. The number of fused-ring (bicyclic) bond motifs is 2. The van der Waals surface area contributed by atoms with Crippen LogP contribution in [0.3, 0.4) is 0 Å². The number of carbonyl (C=O) groups is 1. The number of nitrogens with one attached hydrogen (secondary N) is 1. The number of benzene rings is 1. The summed E-state index contributed by atoms with van der Waals surface area (Å²) in [5.74, 6) is 0.741. The Labute approximate surface area is 161 Å². The maximum atomic E-state index is 12.6. The standard InChI is InChI=1S/C19H18ClN5O2/c20-13-1-2-16-15(9-13)19(18(26)24-16)3-5-25(6-4-19)7-8-27-14-11-22-17(10-21)23-12-14/h1-2,9,11-12H,3-8H2,(H,24,26). The molecule has 1 N–H and O–H groups in total. The van der Waals surface area contributed by atoms with Gasteiger partial charge in [-0.25, -0.2) is 9.97 Å². The Morgan fingerprint density at radius 1 is 1.30 bits per heavy atom. The topological polar surface area (TPSA) is 91.1 Å². The van der Waals surface area contributed by atoms with Crippen molar-refractivity contribution < 1.29 is 9.53 Å². The van der Waals surface area contributed by atoms with E-state index in [-0.39, 0.29) is 11.7 Å². The highest BCUT2D eigenvalue weighted by atomic mass is 35.5. The number of piperidine rings is 1. The number of hydrogen-bond acceptors (Lipinski definition) is 6. The van der Waals surface area contributed by atoms with Gasteiger partial charge in [0.05, 0.1) is 17.8 Å². The normalized spacial score (nSPS) is 18.0. The van der Waals surface area contributed by atoms with Gasteiger partial charge >= 0.3 is 0 Å². The van der Waals surface area contributed by atoms with Gasteiger partial charge in [0.2, 0.25) is 11.7 Å². The molecule has 1 spiro atoms. The largest absolute Gasteiger partial charge is 0.489 e. The van der Waals surface area contributed by atoms with Gasteiger partial charge in [0, 0.05) is 17.3 Å². The van der Waals surface area contributed by atoms with Crippen molar-refractivity contribution in [3.05, 3.63) is 47.0 Å². The molecule has 2 aromatic rings. The molecule has 138 valence electrons. The van der Waals surface area contributed by atoms with Crippen molar-refractivity contribution in [2.75, 3.05) is 31.6 Å². The van der Waals surface area contributed by atoms with E-state index in [1.54, 1.807) is 6.07 Å². The van der Waals surface area contributed by atoms with E-state index in [1.165, 1.54) is 12.4 Å². The molecule has 0 unspecified atom stereocenters. The van der Waals surface area contributed by atoms with Crippen LogP contribution in [0.25, 0.3) is 0 Å². The van der Waals surface area contributed by atoms with E-state index in [0.717, 1.165) is 43.7 Å². The number of hydrogen-bond donors (Lipinski definition) is 1. The first-order valence-corrected chi connectivity index (χ1v) is 9.17. The predicted octanol–water partition coefficient (Wildman–Crippen LogP) is 2.37. The van der Waals surface area contributed by atoms with E-state index < -0.39 is 5.41 Å². The van der Waals surface area contributed by atoms with E-state index in [2.05, 4.69) is 20.2 Å². The van der Waals surface area contributed by atoms with Crippen LogP contribution in [0.1, 0.15) is 24.2 Å². The molecular weight excluding hydrogens is 366 g/mol. The van der Waals surface area contributed by atoms with Crippen molar-refractivity contribution in [3.8, 4) is 11.8 Å². The Bertz CT molecular complexity index is 901. The fourth-order valence-corrected chi connectivity index (χ4v) is 3.95. The molecule has 2 aliphatic rings. The minimum absolute atomic E-state index is 0.0744. The lowest BCUT2D eigenvalue weighted by Gasteiger charge is -2.37. The molecule has 1 saturated heterocycles. The summed E-state index contributed by atoms with van der Waals surface area (Å²) in [4.78, 5) is 22.7. The zero-order valence-electron chi connectivity index (χ0n) is 14.6. The highest BCUT2D eigenvalue weighted by Crippen LogP contribution is 2.45. The third kappa shape index (κ3) is 3.34. The number of ether oxygens (including phenoxy) is 1. The summed E-state index contributed by atoms with van der Waals surface area (Å²) >= 11 is 6.15. The molecular formula is C19H18ClN5O2. The highest BCUT2D eigenvalue weighted by Gasteiger charge is 2.48. The molecule has 1 fully saturated rings. The number of aromatic nitrogens is 2. The first kappa shape index (κ1) is 17.7. The Hall–Kier alpha value is -2.69. The molecule has 0 saturated carbocycles. The zero-order valence-corrected chi connectivity index (χ0v) is 15.4. The SMILES string of the molecule is N#Cc1ncc(OCCN2CCC3(CC2)C(=O)Nc2ccc(Cl)cc23)cn1. The minimum Gasteiger partial charge on any atom is -0.489 e. The van der Waals surface area contributed by atoms with Crippen LogP contribution in [0.4, 0.5) is 5.69 Å². The Kier molecular flexibility index (Phi) is 4.68. The third-order valence-corrected chi connectivity index (χ3v) is 5.53. The van der Waals surface area contributed by atoms with Crippen molar-refractivity contribution >= 4 is 23.2 Å². The van der Waals surface area contributed by atoms with Crippen LogP contribution >= 0.6 is 11.6 Å². The van der Waals surface area contributed by atoms with E-state index in [0.29, 0.717) is 17.4 Å². The fourth-order valence-electron chi connectivity index (χ4n) is 3.78. The molecule has 27 heavy (non-hydrogen) atoms. The summed E-state index contributed by atoms with van der Waals surface area (Å²) in [6.45, 7) is 2.87. The van der Waals surface area contributed by atoms with Crippen molar-refractivity contribution in [1.29, 1.82) is 5.26 Å². The zero-order chi connectivity index (χ0) is 18.9. The smallest absolute Gasteiger partial charge is 0.235 e. The average Bonchev–Trinajstić information content (AvgIpc) is 2.95. The second-order valence-corrected chi connectivity index (χ2v) is 7.21. The maximum Gasteiger partial charge on any atom is 0.235 e. The summed E-state index contributed by atoms with van der Waals surface area (Å²) in [5.41, 5.74) is 1.42. The Morgan fingerprint density at radius 2 is 2.04 bits per heavy atom. The number of rotatable bonds is 4. The number of nitriles is 1. The van der Waals surface area contributed by atoms with Gasteiger partial charge in [-0.1, -0.05) is 11.6 Å². The molecule has 8 heteroatoms. The lowest BCUT2D eigenvalue weighted by molar-refractivity contribution is -0.122. The van der Waals surface area contributed by atoms with Gasteiger partial charge in [-0.15, -0.1) is 0 Å². The molecule has 4 rings (SSSR count). The molecule has 0 radical (unpaired) electrons. The highest BCUT2D eigenvalue weighted by molar-refractivity contribution is 6.31. The van der Waals surface area contributed by atoms with E-state index in [1.807, 2.05) is 18.2 Å². The molecule has 1 aromatic heterocycles. The van der Waals surface area contributed by atoms with E-state index in [4.69, 9.17) is 21.6 Å². The second-order valence-electron chi connectivity index (χ2n) is 6.77. The van der Waals surface area contributed by atoms with Crippen molar-refractivity contribution in [1.82, 2.24) is 14.9 Å².